The highest BCUT2D eigenvalue weighted by Gasteiger charge is 2.23. The quantitative estimate of drug-likeness (QED) is 0.554. The van der Waals surface area contributed by atoms with Crippen LogP contribution in [0, 0.1) is 0 Å². The van der Waals surface area contributed by atoms with Gasteiger partial charge in [-0.05, 0) is 19.3 Å². The Kier molecular flexibility index (Phi) is 4.32. The molecular formula is C8H14ClNO3. The van der Waals surface area contributed by atoms with Gasteiger partial charge >= 0.3 is 6.09 Å². The van der Waals surface area contributed by atoms with Gasteiger partial charge < -0.3 is 9.84 Å². The minimum Gasteiger partial charge on any atom is -0.465 e. The molecule has 1 fully saturated rings. The lowest BCUT2D eigenvalue weighted by molar-refractivity contribution is 0.118. The van der Waals surface area contributed by atoms with Gasteiger partial charge in [0.15, 0.2) is 0 Å². The molecule has 1 saturated heterocycles. The van der Waals surface area contributed by atoms with Crippen LogP contribution >= 0.6 is 11.6 Å². The van der Waals surface area contributed by atoms with E-state index in [1.165, 1.54) is 4.90 Å². The first-order valence-electron chi connectivity index (χ1n) is 4.39. The molecule has 1 rings (SSSR count). The average molecular weight is 208 g/mol. The van der Waals surface area contributed by atoms with Crippen LogP contribution in [0.3, 0.4) is 0 Å². The SMILES string of the molecule is O=C(O)N(CCl)C1CCCOCC1. The summed E-state index contributed by atoms with van der Waals surface area (Å²) in [6.07, 6.45) is 1.56. The van der Waals surface area contributed by atoms with Crippen LogP contribution < -0.4 is 0 Å². The largest absolute Gasteiger partial charge is 0.465 e. The molecule has 1 aliphatic rings. The first-order chi connectivity index (χ1) is 6.25. The van der Waals surface area contributed by atoms with Crippen LogP contribution in [0.2, 0.25) is 0 Å². The number of hydrogen-bond acceptors (Lipinski definition) is 2. The van der Waals surface area contributed by atoms with E-state index >= 15 is 0 Å². The molecule has 4 nitrogen and oxygen atoms in total. The Balaban J connectivity index is 2.50. The molecule has 1 atom stereocenters. The van der Waals surface area contributed by atoms with Crippen molar-refractivity contribution in [3.05, 3.63) is 0 Å². The number of alkyl halides is 1. The first kappa shape index (κ1) is 10.6. The summed E-state index contributed by atoms with van der Waals surface area (Å²) in [5.41, 5.74) is 0. The van der Waals surface area contributed by atoms with Crippen LogP contribution in [0.1, 0.15) is 19.3 Å². The molecule has 1 amide bonds. The molecular weight excluding hydrogens is 194 g/mol. The molecule has 1 heterocycles. The monoisotopic (exact) mass is 207 g/mol. The molecule has 1 unspecified atom stereocenters. The Morgan fingerprint density at radius 2 is 2.31 bits per heavy atom. The summed E-state index contributed by atoms with van der Waals surface area (Å²) in [7, 11) is 0. The predicted molar refractivity (Wildman–Crippen MR) is 49.0 cm³/mol. The lowest BCUT2D eigenvalue weighted by atomic mass is 10.1. The fraction of sp³-hybridized carbons (Fsp3) is 0.875. The van der Waals surface area contributed by atoms with Gasteiger partial charge in [0, 0.05) is 19.3 Å². The number of amides is 1. The van der Waals surface area contributed by atoms with Crippen LogP contribution in [0.25, 0.3) is 0 Å². The molecule has 0 aromatic rings. The summed E-state index contributed by atoms with van der Waals surface area (Å²) >= 11 is 5.55. The molecule has 0 radical (unpaired) electrons. The van der Waals surface area contributed by atoms with E-state index in [1.807, 2.05) is 0 Å². The second kappa shape index (κ2) is 5.29. The van der Waals surface area contributed by atoms with Gasteiger partial charge in [-0.15, -0.1) is 11.6 Å². The molecule has 0 aliphatic carbocycles. The Hall–Kier alpha value is -0.480. The van der Waals surface area contributed by atoms with Crippen molar-refractivity contribution in [2.24, 2.45) is 0 Å². The highest BCUT2D eigenvalue weighted by molar-refractivity contribution is 6.18. The van der Waals surface area contributed by atoms with Crippen molar-refractivity contribution in [3.8, 4) is 0 Å². The normalized spacial score (nSPS) is 23.6. The van der Waals surface area contributed by atoms with Crippen LogP contribution in [-0.2, 0) is 4.74 Å². The Labute approximate surface area is 82.4 Å². The maximum absolute atomic E-state index is 10.7. The first-order valence-corrected chi connectivity index (χ1v) is 4.92. The number of nitrogens with zero attached hydrogens (tertiary/aromatic N) is 1. The topological polar surface area (TPSA) is 49.8 Å². The van der Waals surface area contributed by atoms with Gasteiger partial charge in [-0.3, -0.25) is 4.90 Å². The Morgan fingerprint density at radius 3 is 2.92 bits per heavy atom. The van der Waals surface area contributed by atoms with Gasteiger partial charge in [0.2, 0.25) is 0 Å². The molecule has 0 aromatic heterocycles. The molecule has 5 heteroatoms. The van der Waals surface area contributed by atoms with E-state index in [0.717, 1.165) is 25.9 Å². The molecule has 0 saturated carbocycles. The van der Waals surface area contributed by atoms with Crippen molar-refractivity contribution in [2.75, 3.05) is 19.2 Å². The van der Waals surface area contributed by atoms with Crippen LogP contribution in [-0.4, -0.2) is 41.4 Å². The smallest absolute Gasteiger partial charge is 0.408 e. The van der Waals surface area contributed by atoms with Crippen LogP contribution in [0.15, 0.2) is 0 Å². The number of hydrogen-bond donors (Lipinski definition) is 1. The van der Waals surface area contributed by atoms with Crippen LogP contribution in [0.4, 0.5) is 4.79 Å². The standard InChI is InChI=1S/C8H14ClNO3/c9-6-10(8(11)12)7-2-1-4-13-5-3-7/h7H,1-6H2,(H,11,12). The van der Waals surface area contributed by atoms with Crippen molar-refractivity contribution in [2.45, 2.75) is 25.3 Å². The third-order valence-electron chi connectivity index (χ3n) is 2.24. The summed E-state index contributed by atoms with van der Waals surface area (Å²) in [5.74, 6) is 0. The zero-order valence-corrected chi connectivity index (χ0v) is 8.16. The second-order valence-electron chi connectivity index (χ2n) is 3.07. The highest BCUT2D eigenvalue weighted by atomic mass is 35.5. The van der Waals surface area contributed by atoms with E-state index < -0.39 is 6.09 Å². The van der Waals surface area contributed by atoms with Gasteiger partial charge in [0.1, 0.15) is 0 Å². The van der Waals surface area contributed by atoms with Crippen molar-refractivity contribution in [3.63, 3.8) is 0 Å². The number of ether oxygens (including phenoxy) is 1. The number of carbonyl (C=O) groups is 1. The molecule has 0 aromatic carbocycles. The van der Waals surface area contributed by atoms with E-state index in [1.54, 1.807) is 0 Å². The second-order valence-corrected chi connectivity index (χ2v) is 3.31. The van der Waals surface area contributed by atoms with Crippen molar-refractivity contribution >= 4 is 17.7 Å². The molecule has 1 aliphatic heterocycles. The maximum Gasteiger partial charge on any atom is 0.408 e. The lowest BCUT2D eigenvalue weighted by Crippen LogP contribution is -2.38. The molecule has 0 spiro atoms. The summed E-state index contributed by atoms with van der Waals surface area (Å²) in [6, 6.07) is 0.0671. The van der Waals surface area contributed by atoms with Gasteiger partial charge in [-0.2, -0.15) is 0 Å². The summed E-state index contributed by atoms with van der Waals surface area (Å²) in [6.45, 7) is 1.36. The summed E-state index contributed by atoms with van der Waals surface area (Å²) in [4.78, 5) is 12.0. The van der Waals surface area contributed by atoms with E-state index in [0.29, 0.717) is 6.61 Å². The minimum absolute atomic E-state index is 0.0255. The number of halogens is 1. The highest BCUT2D eigenvalue weighted by Crippen LogP contribution is 2.15. The van der Waals surface area contributed by atoms with Gasteiger partial charge in [0.05, 0.1) is 6.00 Å². The predicted octanol–water partition coefficient (Wildman–Crippen LogP) is 1.73. The maximum atomic E-state index is 10.7. The third-order valence-corrected chi connectivity index (χ3v) is 2.49. The zero-order valence-electron chi connectivity index (χ0n) is 7.41. The van der Waals surface area contributed by atoms with E-state index in [-0.39, 0.29) is 12.0 Å². The van der Waals surface area contributed by atoms with Crippen molar-refractivity contribution < 1.29 is 14.6 Å². The Morgan fingerprint density at radius 1 is 1.54 bits per heavy atom. The van der Waals surface area contributed by atoms with Gasteiger partial charge in [-0.25, -0.2) is 4.79 Å². The molecule has 1 N–H and O–H groups in total. The van der Waals surface area contributed by atoms with Crippen molar-refractivity contribution in [1.82, 2.24) is 4.90 Å². The zero-order chi connectivity index (χ0) is 9.68. The number of carboxylic acid groups (broad SMARTS) is 1. The fourth-order valence-electron chi connectivity index (χ4n) is 1.50. The summed E-state index contributed by atoms with van der Waals surface area (Å²) in [5, 5.41) is 8.82. The molecule has 13 heavy (non-hydrogen) atoms. The minimum atomic E-state index is -0.943. The average Bonchev–Trinajstić information content (AvgIpc) is 2.33. The lowest BCUT2D eigenvalue weighted by Gasteiger charge is -2.25. The van der Waals surface area contributed by atoms with Gasteiger partial charge in [-0.1, -0.05) is 0 Å². The Bertz CT molecular complexity index is 169. The van der Waals surface area contributed by atoms with Gasteiger partial charge in [0.25, 0.3) is 0 Å². The van der Waals surface area contributed by atoms with E-state index in [2.05, 4.69) is 0 Å². The van der Waals surface area contributed by atoms with Crippen LogP contribution in [0.5, 0.6) is 0 Å². The fourth-order valence-corrected chi connectivity index (χ4v) is 1.80. The molecule has 76 valence electrons. The van der Waals surface area contributed by atoms with E-state index in [9.17, 15) is 4.79 Å². The molecule has 0 bridgehead atoms. The van der Waals surface area contributed by atoms with E-state index in [4.69, 9.17) is 21.4 Å². The third kappa shape index (κ3) is 3.04. The van der Waals surface area contributed by atoms with Crippen molar-refractivity contribution in [1.29, 1.82) is 0 Å². The number of rotatable bonds is 2. The summed E-state index contributed by atoms with van der Waals surface area (Å²) < 4.78 is 5.24.